The molecule has 0 aliphatic carbocycles. The molecule has 2 heterocycles. The Kier molecular flexibility index (Phi) is 7.66. The fourth-order valence-electron chi connectivity index (χ4n) is 4.52. The van der Waals surface area contributed by atoms with Crippen molar-refractivity contribution in [2.24, 2.45) is 0 Å². The zero-order chi connectivity index (χ0) is 24.1. The summed E-state index contributed by atoms with van der Waals surface area (Å²) < 4.78 is 22.1. The van der Waals surface area contributed by atoms with E-state index in [-0.39, 0.29) is 49.6 Å². The lowest BCUT2D eigenvalue weighted by Gasteiger charge is -2.37. The molecule has 2 aromatic rings. The van der Waals surface area contributed by atoms with E-state index in [1.807, 2.05) is 30.3 Å². The van der Waals surface area contributed by atoms with Crippen molar-refractivity contribution in [2.45, 2.75) is 43.6 Å². The lowest BCUT2D eigenvalue weighted by atomic mass is 9.84. The molecule has 2 aliphatic heterocycles. The van der Waals surface area contributed by atoms with E-state index in [1.165, 1.54) is 7.11 Å². The maximum absolute atomic E-state index is 12.6. The van der Waals surface area contributed by atoms with Crippen LogP contribution in [0, 0.1) is 0 Å². The van der Waals surface area contributed by atoms with Gasteiger partial charge < -0.3 is 34.7 Å². The number of fused-ring (bicyclic) bond motifs is 3. The fraction of sp³-hybridized carbons (Fsp3) is 0.440. The highest BCUT2D eigenvalue weighted by Crippen LogP contribution is 2.47. The number of anilines is 1. The van der Waals surface area contributed by atoms with Gasteiger partial charge in [0.2, 0.25) is 11.8 Å². The van der Waals surface area contributed by atoms with Crippen molar-refractivity contribution in [3.63, 3.8) is 0 Å². The van der Waals surface area contributed by atoms with E-state index in [2.05, 4.69) is 10.6 Å². The van der Waals surface area contributed by atoms with Crippen LogP contribution in [0.2, 0.25) is 0 Å². The van der Waals surface area contributed by atoms with Gasteiger partial charge in [-0.05, 0) is 42.3 Å². The topological polar surface area (TPSA) is 115 Å². The first-order chi connectivity index (χ1) is 16.5. The van der Waals surface area contributed by atoms with E-state index >= 15 is 0 Å². The van der Waals surface area contributed by atoms with E-state index in [0.29, 0.717) is 24.4 Å². The molecule has 0 spiro atoms. The normalized spacial score (nSPS) is 22.8. The second-order valence-electron chi connectivity index (χ2n) is 8.47. The summed E-state index contributed by atoms with van der Waals surface area (Å²) in [6.07, 6.45) is -0.508. The molecule has 0 bridgehead atoms. The van der Waals surface area contributed by atoms with E-state index in [1.54, 1.807) is 19.2 Å². The van der Waals surface area contributed by atoms with Crippen LogP contribution in [0.4, 0.5) is 5.69 Å². The number of rotatable bonds is 9. The van der Waals surface area contributed by atoms with Crippen molar-refractivity contribution in [3.05, 3.63) is 53.6 Å². The summed E-state index contributed by atoms with van der Waals surface area (Å²) in [7, 11) is 3.07. The molecule has 4 atom stereocenters. The Morgan fingerprint density at radius 3 is 2.62 bits per heavy atom. The number of hydrogen-bond acceptors (Lipinski definition) is 7. The summed E-state index contributed by atoms with van der Waals surface area (Å²) in [5.41, 5.74) is 2.55. The Hall–Kier alpha value is -3.14. The maximum Gasteiger partial charge on any atom is 0.250 e. The van der Waals surface area contributed by atoms with E-state index < -0.39 is 6.10 Å². The number of amides is 2. The van der Waals surface area contributed by atoms with Crippen molar-refractivity contribution in [3.8, 4) is 11.5 Å². The molecule has 0 aromatic heterocycles. The third-order valence-corrected chi connectivity index (χ3v) is 6.12. The number of aliphatic hydroxyl groups is 1. The van der Waals surface area contributed by atoms with Gasteiger partial charge in [-0.2, -0.15) is 0 Å². The average Bonchev–Trinajstić information content (AvgIpc) is 3.20. The van der Waals surface area contributed by atoms with Crippen LogP contribution >= 0.6 is 0 Å². The SMILES string of the molecule is COCC(=O)Nc1ccc2c(c1)[C@@H]1C[C@@H](CC(=O)NCc3ccc(OC)cc3)O[C@H](CO)[C@@H]1O2. The standard InChI is InChI=1S/C25H30N2O7/c1-31-14-24(30)27-16-5-8-21-19(9-16)20-10-18(33-22(13-28)25(20)34-21)11-23(29)26-12-15-3-6-17(32-2)7-4-15/h3-9,18,20,22,25,28H,10-14H2,1-2H3,(H,26,29)(H,27,30)/t18-,20-,22+,25+/m0/s1. The molecular weight excluding hydrogens is 440 g/mol. The molecule has 182 valence electrons. The van der Waals surface area contributed by atoms with Crippen molar-refractivity contribution >= 4 is 17.5 Å². The van der Waals surface area contributed by atoms with Crippen LogP contribution in [0.1, 0.15) is 29.9 Å². The Balaban J connectivity index is 1.39. The monoisotopic (exact) mass is 470 g/mol. The summed E-state index contributed by atoms with van der Waals surface area (Å²) >= 11 is 0. The predicted octanol–water partition coefficient (Wildman–Crippen LogP) is 1.98. The molecular formula is C25H30N2O7. The van der Waals surface area contributed by atoms with E-state index in [0.717, 1.165) is 16.9 Å². The lowest BCUT2D eigenvalue weighted by Crippen LogP contribution is -2.47. The van der Waals surface area contributed by atoms with Crippen LogP contribution in [0.15, 0.2) is 42.5 Å². The Morgan fingerprint density at radius 1 is 1.12 bits per heavy atom. The van der Waals surface area contributed by atoms with Crippen LogP contribution in [0.3, 0.4) is 0 Å². The molecule has 34 heavy (non-hydrogen) atoms. The minimum atomic E-state index is -0.544. The largest absolute Gasteiger partial charge is 0.497 e. The van der Waals surface area contributed by atoms with Crippen LogP contribution in [-0.4, -0.2) is 62.7 Å². The minimum Gasteiger partial charge on any atom is -0.497 e. The second-order valence-corrected chi connectivity index (χ2v) is 8.47. The van der Waals surface area contributed by atoms with Crippen molar-refractivity contribution < 1.29 is 33.6 Å². The number of methoxy groups -OCH3 is 2. The molecule has 0 unspecified atom stereocenters. The van der Waals surface area contributed by atoms with Gasteiger partial charge in [0.05, 0.1) is 26.2 Å². The highest BCUT2D eigenvalue weighted by molar-refractivity contribution is 5.92. The van der Waals surface area contributed by atoms with Gasteiger partial charge in [0.15, 0.2) is 0 Å². The molecule has 3 N–H and O–H groups in total. The molecule has 9 heteroatoms. The van der Waals surface area contributed by atoms with Crippen molar-refractivity contribution in [1.29, 1.82) is 0 Å². The summed E-state index contributed by atoms with van der Waals surface area (Å²) in [6.45, 7) is 0.159. The molecule has 1 fully saturated rings. The Morgan fingerprint density at radius 2 is 1.91 bits per heavy atom. The summed E-state index contributed by atoms with van der Waals surface area (Å²) in [5.74, 6) is 1.03. The van der Waals surface area contributed by atoms with Gasteiger partial charge in [0.25, 0.3) is 0 Å². The van der Waals surface area contributed by atoms with Crippen molar-refractivity contribution in [2.75, 3.05) is 32.8 Å². The Labute approximate surface area is 198 Å². The van der Waals surface area contributed by atoms with Gasteiger partial charge in [0, 0.05) is 30.8 Å². The van der Waals surface area contributed by atoms with E-state index in [4.69, 9.17) is 18.9 Å². The molecule has 4 rings (SSSR count). The van der Waals surface area contributed by atoms with Gasteiger partial charge in [-0.3, -0.25) is 9.59 Å². The van der Waals surface area contributed by atoms with Gasteiger partial charge >= 0.3 is 0 Å². The van der Waals surface area contributed by atoms with Crippen LogP contribution in [0.5, 0.6) is 11.5 Å². The van der Waals surface area contributed by atoms with Crippen LogP contribution in [0.25, 0.3) is 0 Å². The number of benzene rings is 2. The number of carbonyl (C=O) groups excluding carboxylic acids is 2. The molecule has 1 saturated heterocycles. The third kappa shape index (κ3) is 5.49. The molecule has 9 nitrogen and oxygen atoms in total. The highest BCUT2D eigenvalue weighted by atomic mass is 16.6. The highest BCUT2D eigenvalue weighted by Gasteiger charge is 2.46. The molecule has 2 aromatic carbocycles. The third-order valence-electron chi connectivity index (χ3n) is 6.12. The second kappa shape index (κ2) is 10.9. The summed E-state index contributed by atoms with van der Waals surface area (Å²) in [6, 6.07) is 13.0. The molecule has 0 radical (unpaired) electrons. The zero-order valence-corrected chi connectivity index (χ0v) is 19.3. The summed E-state index contributed by atoms with van der Waals surface area (Å²) in [4.78, 5) is 24.5. The number of nitrogens with one attached hydrogen (secondary N) is 2. The number of aliphatic hydroxyl groups excluding tert-OH is 1. The van der Waals surface area contributed by atoms with Gasteiger partial charge in [-0.1, -0.05) is 12.1 Å². The number of hydrogen-bond donors (Lipinski definition) is 3. The Bertz CT molecular complexity index is 1010. The van der Waals surface area contributed by atoms with Gasteiger partial charge in [-0.25, -0.2) is 0 Å². The van der Waals surface area contributed by atoms with Crippen LogP contribution in [-0.2, 0) is 25.6 Å². The van der Waals surface area contributed by atoms with Gasteiger partial charge in [-0.15, -0.1) is 0 Å². The predicted molar refractivity (Wildman–Crippen MR) is 124 cm³/mol. The average molecular weight is 471 g/mol. The fourth-order valence-corrected chi connectivity index (χ4v) is 4.52. The van der Waals surface area contributed by atoms with Crippen LogP contribution < -0.4 is 20.1 Å². The smallest absolute Gasteiger partial charge is 0.250 e. The number of carbonyl (C=O) groups is 2. The van der Waals surface area contributed by atoms with E-state index in [9.17, 15) is 14.7 Å². The lowest BCUT2D eigenvalue weighted by molar-refractivity contribution is -0.142. The minimum absolute atomic E-state index is 0.0340. The summed E-state index contributed by atoms with van der Waals surface area (Å²) in [5, 5.41) is 15.6. The number of ether oxygens (including phenoxy) is 4. The first kappa shape index (κ1) is 24.0. The quantitative estimate of drug-likeness (QED) is 0.513. The maximum atomic E-state index is 12.6. The first-order valence-electron chi connectivity index (χ1n) is 11.3. The molecule has 2 aliphatic rings. The first-order valence-corrected chi connectivity index (χ1v) is 11.3. The molecule has 0 saturated carbocycles. The molecule has 2 amide bonds. The van der Waals surface area contributed by atoms with Gasteiger partial charge in [0.1, 0.15) is 30.3 Å². The zero-order valence-electron chi connectivity index (χ0n) is 19.3. The van der Waals surface area contributed by atoms with Crippen molar-refractivity contribution in [1.82, 2.24) is 5.32 Å².